The van der Waals surface area contributed by atoms with Crippen LogP contribution < -0.4 is 10.6 Å². The van der Waals surface area contributed by atoms with Crippen LogP contribution in [0.3, 0.4) is 0 Å². The zero-order valence-electron chi connectivity index (χ0n) is 15.4. The van der Waals surface area contributed by atoms with Crippen LogP contribution in [0.2, 0.25) is 5.02 Å². The summed E-state index contributed by atoms with van der Waals surface area (Å²) in [4.78, 5) is 19.9. The number of nitrogens with zero attached hydrogens (tertiary/aromatic N) is 3. The molecule has 0 aliphatic heterocycles. The van der Waals surface area contributed by atoms with Crippen molar-refractivity contribution in [3.05, 3.63) is 45.7 Å². The van der Waals surface area contributed by atoms with E-state index in [4.69, 9.17) is 11.6 Å². The highest BCUT2D eigenvalue weighted by molar-refractivity contribution is 6.33. The van der Waals surface area contributed by atoms with E-state index in [1.165, 1.54) is 25.6 Å². The van der Waals surface area contributed by atoms with E-state index in [0.717, 1.165) is 37.0 Å². The maximum atomic E-state index is 11.9. The van der Waals surface area contributed by atoms with Crippen molar-refractivity contribution in [3.63, 3.8) is 0 Å². The maximum absolute atomic E-state index is 11.9. The molecule has 0 radical (unpaired) electrons. The molecule has 4 aliphatic rings. The van der Waals surface area contributed by atoms with Crippen LogP contribution in [-0.2, 0) is 0 Å². The fourth-order valence-electron chi connectivity index (χ4n) is 5.94. The third-order valence-electron chi connectivity index (χ3n) is 6.55. The van der Waals surface area contributed by atoms with E-state index >= 15 is 0 Å². The predicted octanol–water partition coefficient (Wildman–Crippen LogP) is 5.16. The lowest BCUT2D eigenvalue weighted by Gasteiger charge is -2.57. The zero-order chi connectivity index (χ0) is 19.3. The second kappa shape index (κ2) is 6.58. The molecule has 8 heteroatoms. The number of rotatable bonds is 5. The van der Waals surface area contributed by atoms with Gasteiger partial charge in [0.1, 0.15) is 6.33 Å². The molecule has 146 valence electrons. The van der Waals surface area contributed by atoms with Crippen molar-refractivity contribution < 1.29 is 4.92 Å². The summed E-state index contributed by atoms with van der Waals surface area (Å²) in [6.45, 7) is 0. The fraction of sp³-hybridized carbons (Fsp3) is 0.500. The van der Waals surface area contributed by atoms with Gasteiger partial charge in [-0.2, -0.15) is 0 Å². The molecule has 0 amide bonds. The van der Waals surface area contributed by atoms with E-state index < -0.39 is 4.92 Å². The quantitative estimate of drug-likeness (QED) is 0.532. The Morgan fingerprint density at radius 3 is 2.25 bits per heavy atom. The minimum atomic E-state index is -0.415. The molecule has 1 aromatic heterocycles. The molecular weight excluding hydrogens is 378 g/mol. The number of nitrogens with one attached hydrogen (secondary N) is 2. The van der Waals surface area contributed by atoms with Crippen LogP contribution in [-0.4, -0.2) is 20.4 Å². The Bertz CT molecular complexity index is 899. The minimum absolute atomic E-state index is 0.0739. The molecule has 4 bridgehead atoms. The summed E-state index contributed by atoms with van der Waals surface area (Å²) in [6, 6.07) is 7.11. The number of hydrogen-bond acceptors (Lipinski definition) is 6. The minimum Gasteiger partial charge on any atom is -0.359 e. The summed E-state index contributed by atoms with van der Waals surface area (Å²) in [6.07, 6.45) is 8.54. The van der Waals surface area contributed by atoms with Crippen molar-refractivity contribution >= 4 is 34.6 Å². The van der Waals surface area contributed by atoms with Gasteiger partial charge in [-0.3, -0.25) is 10.1 Å². The first-order valence-corrected chi connectivity index (χ1v) is 10.2. The molecule has 0 atom stereocenters. The molecule has 0 spiro atoms. The van der Waals surface area contributed by atoms with Crippen molar-refractivity contribution in [1.82, 2.24) is 9.97 Å². The second-order valence-electron chi connectivity index (χ2n) is 8.60. The monoisotopic (exact) mass is 399 g/mol. The number of benzene rings is 1. The van der Waals surface area contributed by atoms with E-state index in [1.54, 1.807) is 12.1 Å². The van der Waals surface area contributed by atoms with E-state index in [-0.39, 0.29) is 17.0 Å². The zero-order valence-corrected chi connectivity index (χ0v) is 16.2. The van der Waals surface area contributed by atoms with Crippen LogP contribution in [0.1, 0.15) is 38.5 Å². The molecule has 6 rings (SSSR count). The normalized spacial score (nSPS) is 30.2. The number of hydrogen-bond donors (Lipinski definition) is 2. The van der Waals surface area contributed by atoms with Gasteiger partial charge in [-0.05, 0) is 68.4 Å². The molecule has 0 unspecified atom stereocenters. The lowest BCUT2D eigenvalue weighted by molar-refractivity contribution is -0.383. The molecule has 4 fully saturated rings. The van der Waals surface area contributed by atoms with Crippen LogP contribution in [0.25, 0.3) is 0 Å². The van der Waals surface area contributed by atoms with Gasteiger partial charge in [0, 0.05) is 5.54 Å². The standard InChI is InChI=1S/C20H22ClN5O2/c21-15-3-1-2-4-16(15)24-18-17(26(27)28)19(23-11-22-18)25-20-8-12-5-13(9-20)7-14(6-12)10-20/h1-4,11-14H,5-10H2,(H2,22,23,24,25). The average Bonchev–Trinajstić information content (AvgIpc) is 2.62. The van der Waals surface area contributed by atoms with Crippen LogP contribution in [0, 0.1) is 27.9 Å². The van der Waals surface area contributed by atoms with Crippen LogP contribution >= 0.6 is 11.6 Å². The molecule has 4 saturated carbocycles. The van der Waals surface area contributed by atoms with Gasteiger partial charge in [0.05, 0.1) is 15.6 Å². The highest BCUT2D eigenvalue weighted by Crippen LogP contribution is 2.57. The van der Waals surface area contributed by atoms with E-state index in [9.17, 15) is 10.1 Å². The van der Waals surface area contributed by atoms with Crippen molar-refractivity contribution in [1.29, 1.82) is 0 Å². The Kier molecular flexibility index (Phi) is 4.16. The average molecular weight is 400 g/mol. The second-order valence-corrected chi connectivity index (χ2v) is 9.01. The van der Waals surface area contributed by atoms with Crippen LogP contribution in [0.5, 0.6) is 0 Å². The summed E-state index contributed by atoms with van der Waals surface area (Å²) >= 11 is 6.20. The largest absolute Gasteiger partial charge is 0.359 e. The molecule has 2 N–H and O–H groups in total. The highest BCUT2D eigenvalue weighted by atomic mass is 35.5. The van der Waals surface area contributed by atoms with Gasteiger partial charge in [0.15, 0.2) is 0 Å². The number of nitro groups is 1. The van der Waals surface area contributed by atoms with E-state index in [2.05, 4.69) is 20.6 Å². The molecule has 7 nitrogen and oxygen atoms in total. The van der Waals surface area contributed by atoms with Crippen molar-refractivity contribution in [2.45, 2.75) is 44.1 Å². The van der Waals surface area contributed by atoms with Crippen molar-refractivity contribution in [2.24, 2.45) is 17.8 Å². The van der Waals surface area contributed by atoms with Crippen molar-refractivity contribution in [3.8, 4) is 0 Å². The number of para-hydroxylation sites is 1. The van der Waals surface area contributed by atoms with Gasteiger partial charge in [-0.1, -0.05) is 23.7 Å². The summed E-state index contributed by atoms with van der Waals surface area (Å²) in [5.74, 6) is 2.66. The number of halogens is 1. The Morgan fingerprint density at radius 2 is 1.64 bits per heavy atom. The highest BCUT2D eigenvalue weighted by Gasteiger charge is 2.51. The summed E-state index contributed by atoms with van der Waals surface area (Å²) < 4.78 is 0. The van der Waals surface area contributed by atoms with Gasteiger partial charge in [-0.15, -0.1) is 0 Å². The molecule has 4 aliphatic carbocycles. The lowest BCUT2D eigenvalue weighted by Crippen LogP contribution is -2.55. The number of anilines is 3. The van der Waals surface area contributed by atoms with Gasteiger partial charge in [0.25, 0.3) is 0 Å². The Balaban J connectivity index is 1.48. The van der Waals surface area contributed by atoms with Crippen LogP contribution in [0.4, 0.5) is 23.0 Å². The Labute approximate surface area is 168 Å². The van der Waals surface area contributed by atoms with Gasteiger partial charge < -0.3 is 10.6 Å². The molecule has 0 saturated heterocycles. The molecule has 1 heterocycles. The molecule has 2 aromatic rings. The van der Waals surface area contributed by atoms with Gasteiger partial charge >= 0.3 is 5.69 Å². The third-order valence-corrected chi connectivity index (χ3v) is 6.88. The maximum Gasteiger partial charge on any atom is 0.353 e. The summed E-state index contributed by atoms with van der Waals surface area (Å²) in [5, 5.41) is 18.9. The first-order chi connectivity index (χ1) is 13.5. The summed E-state index contributed by atoms with van der Waals surface area (Å²) in [5.41, 5.74) is 0.375. The van der Waals surface area contributed by atoms with E-state index in [0.29, 0.717) is 16.5 Å². The molecule has 1 aromatic carbocycles. The van der Waals surface area contributed by atoms with Gasteiger partial charge in [0.2, 0.25) is 11.6 Å². The predicted molar refractivity (Wildman–Crippen MR) is 108 cm³/mol. The smallest absolute Gasteiger partial charge is 0.353 e. The molecule has 28 heavy (non-hydrogen) atoms. The fourth-order valence-corrected chi connectivity index (χ4v) is 6.12. The van der Waals surface area contributed by atoms with Crippen LogP contribution in [0.15, 0.2) is 30.6 Å². The molecular formula is C20H22ClN5O2. The SMILES string of the molecule is O=[N+]([O-])c1c(Nc2ccccc2Cl)ncnc1NC12CC3CC(CC(C3)C1)C2. The van der Waals surface area contributed by atoms with Crippen molar-refractivity contribution in [2.75, 3.05) is 10.6 Å². The first kappa shape index (κ1) is 17.7. The van der Waals surface area contributed by atoms with E-state index in [1.807, 2.05) is 12.1 Å². The Morgan fingerprint density at radius 1 is 1.04 bits per heavy atom. The third kappa shape index (κ3) is 3.07. The summed E-state index contributed by atoms with van der Waals surface area (Å²) in [7, 11) is 0. The topological polar surface area (TPSA) is 93.0 Å². The first-order valence-electron chi connectivity index (χ1n) is 9.80. The Hall–Kier alpha value is -2.41. The van der Waals surface area contributed by atoms with Gasteiger partial charge in [-0.25, -0.2) is 9.97 Å². The lowest BCUT2D eigenvalue weighted by atomic mass is 9.53. The number of aromatic nitrogens is 2.